The zero-order valence-corrected chi connectivity index (χ0v) is 16.9. The molecule has 27 heavy (non-hydrogen) atoms. The number of aliphatic hydroxyl groups excluding tert-OH is 1. The topological polar surface area (TPSA) is 86.2 Å². The highest BCUT2D eigenvalue weighted by Crippen LogP contribution is 2.43. The average Bonchev–Trinajstić information content (AvgIpc) is 3.06. The Morgan fingerprint density at radius 3 is 2.37 bits per heavy atom. The van der Waals surface area contributed by atoms with E-state index in [9.17, 15) is 14.3 Å². The number of aliphatic hydroxyl groups is 1. The molecule has 3 rings (SSSR count). The molecule has 0 spiro atoms. The number of alkyl carbamates (subject to hydrolysis) is 1. The van der Waals surface area contributed by atoms with Crippen LogP contribution in [0.15, 0.2) is 0 Å². The van der Waals surface area contributed by atoms with Gasteiger partial charge in [-0.1, -0.05) is 54.1 Å². The molecule has 3 aliphatic rings. The minimum Gasteiger partial charge on any atom is -0.440 e. The van der Waals surface area contributed by atoms with Gasteiger partial charge < -0.3 is 29.4 Å². The summed E-state index contributed by atoms with van der Waals surface area (Å²) in [6, 6.07) is -0.0119. The zero-order chi connectivity index (χ0) is 19.8. The molecule has 156 valence electrons. The van der Waals surface area contributed by atoms with Gasteiger partial charge in [-0.05, 0) is 12.8 Å². The van der Waals surface area contributed by atoms with Crippen molar-refractivity contribution < 1.29 is 33.2 Å². The number of carbonyl (C=O) groups is 1. The van der Waals surface area contributed by atoms with Gasteiger partial charge in [0.05, 0.1) is 0 Å². The van der Waals surface area contributed by atoms with Crippen LogP contribution in [0.5, 0.6) is 0 Å². The first-order valence-corrected chi connectivity index (χ1v) is 10.1. The Labute approximate surface area is 171 Å². The predicted octanol–water partition coefficient (Wildman–Crippen LogP) is 2.62. The van der Waals surface area contributed by atoms with Crippen molar-refractivity contribution >= 4 is 40.9 Å². The maximum absolute atomic E-state index is 14.9. The van der Waals surface area contributed by atoms with E-state index < -0.39 is 52.9 Å². The molecule has 7 atom stereocenters. The van der Waals surface area contributed by atoms with E-state index in [0.29, 0.717) is 0 Å². The number of halogens is 4. The summed E-state index contributed by atoms with van der Waals surface area (Å²) in [5.74, 6) is 0. The second-order valence-electron chi connectivity index (χ2n) is 7.06. The standard InChI is InChI=1S/C16H23Cl3FNO6/c1-24-10-8(20)11(27-15(23)21-7-5-3-2-4-6-7)13-12(9(10)22)25-14(26-13)16(17,18)19/h7-14,22H,2-6H2,1H3,(H,21,23)/t8-,9+,10-,11-,12-,13+,14+/m1/s1. The van der Waals surface area contributed by atoms with Gasteiger partial charge >= 0.3 is 6.09 Å². The molecule has 0 aromatic heterocycles. The van der Waals surface area contributed by atoms with Gasteiger partial charge in [0.15, 0.2) is 12.3 Å². The summed E-state index contributed by atoms with van der Waals surface area (Å²) < 4.78 is 34.3. The molecule has 1 heterocycles. The average molecular weight is 451 g/mol. The molecule has 0 aromatic carbocycles. The summed E-state index contributed by atoms with van der Waals surface area (Å²) in [6.07, 6.45) is -5.36. The monoisotopic (exact) mass is 449 g/mol. The molecule has 1 aliphatic heterocycles. The summed E-state index contributed by atoms with van der Waals surface area (Å²) in [5.41, 5.74) is 0. The van der Waals surface area contributed by atoms with Gasteiger partial charge in [0.2, 0.25) is 10.1 Å². The zero-order valence-electron chi connectivity index (χ0n) is 14.7. The Balaban J connectivity index is 1.71. The quantitative estimate of drug-likeness (QED) is 0.643. The summed E-state index contributed by atoms with van der Waals surface area (Å²) in [4.78, 5) is 12.3. The van der Waals surface area contributed by atoms with Crippen LogP contribution in [0.2, 0.25) is 0 Å². The fraction of sp³-hybridized carbons (Fsp3) is 0.938. The Morgan fingerprint density at radius 1 is 1.15 bits per heavy atom. The lowest BCUT2D eigenvalue weighted by molar-refractivity contribution is -0.181. The van der Waals surface area contributed by atoms with E-state index in [-0.39, 0.29) is 6.04 Å². The largest absolute Gasteiger partial charge is 0.440 e. The molecule has 0 unspecified atom stereocenters. The smallest absolute Gasteiger partial charge is 0.407 e. The lowest BCUT2D eigenvalue weighted by atomic mass is 9.85. The number of carbonyl (C=O) groups excluding carboxylic acids is 1. The fourth-order valence-corrected chi connectivity index (χ4v) is 4.19. The van der Waals surface area contributed by atoms with Crippen LogP contribution in [0.3, 0.4) is 0 Å². The van der Waals surface area contributed by atoms with Crippen molar-refractivity contribution in [3.63, 3.8) is 0 Å². The SMILES string of the molecule is CO[C@H]1[C@H](O)[C@H]2O[C@H](C(Cl)(Cl)Cl)O[C@H]2[C@H](OC(=O)NC2CCCCC2)[C@@H]1F. The van der Waals surface area contributed by atoms with Crippen LogP contribution in [0.4, 0.5) is 9.18 Å². The highest BCUT2D eigenvalue weighted by Gasteiger charge is 2.61. The number of fused-ring (bicyclic) bond motifs is 1. The van der Waals surface area contributed by atoms with Crippen molar-refractivity contribution in [2.24, 2.45) is 0 Å². The van der Waals surface area contributed by atoms with Crippen LogP contribution in [-0.4, -0.2) is 71.1 Å². The molecule has 3 fully saturated rings. The number of methoxy groups -OCH3 is 1. The summed E-state index contributed by atoms with van der Waals surface area (Å²) in [7, 11) is 1.24. The minimum atomic E-state index is -1.96. The fourth-order valence-electron chi connectivity index (χ4n) is 3.88. The summed E-state index contributed by atoms with van der Waals surface area (Å²) in [5, 5.41) is 13.1. The first-order chi connectivity index (χ1) is 12.7. The van der Waals surface area contributed by atoms with Crippen molar-refractivity contribution in [2.75, 3.05) is 7.11 Å². The third-order valence-electron chi connectivity index (χ3n) is 5.22. The lowest BCUT2D eigenvalue weighted by Crippen LogP contribution is -2.63. The number of nitrogens with one attached hydrogen (secondary N) is 1. The molecular weight excluding hydrogens is 428 g/mol. The molecule has 11 heteroatoms. The molecule has 0 bridgehead atoms. The summed E-state index contributed by atoms with van der Waals surface area (Å²) >= 11 is 17.4. The van der Waals surface area contributed by atoms with Gasteiger partial charge in [-0.15, -0.1) is 0 Å². The highest BCUT2D eigenvalue weighted by molar-refractivity contribution is 6.67. The van der Waals surface area contributed by atoms with E-state index in [4.69, 9.17) is 53.8 Å². The molecule has 1 amide bonds. The maximum atomic E-state index is 14.9. The molecule has 0 aromatic rings. The van der Waals surface area contributed by atoms with Gasteiger partial charge in [-0.25, -0.2) is 9.18 Å². The predicted molar refractivity (Wildman–Crippen MR) is 95.8 cm³/mol. The lowest BCUT2D eigenvalue weighted by Gasteiger charge is -2.41. The minimum absolute atomic E-state index is 0.0119. The number of ether oxygens (including phenoxy) is 4. The molecule has 7 nitrogen and oxygen atoms in total. The van der Waals surface area contributed by atoms with Crippen molar-refractivity contribution in [3.05, 3.63) is 0 Å². The first kappa shape index (κ1) is 21.6. The number of hydrogen-bond donors (Lipinski definition) is 2. The number of amides is 1. The van der Waals surface area contributed by atoms with Crippen molar-refractivity contribution in [2.45, 2.75) is 84.9 Å². The molecule has 2 aliphatic carbocycles. The van der Waals surface area contributed by atoms with Gasteiger partial charge in [0, 0.05) is 13.2 Å². The van der Waals surface area contributed by atoms with Gasteiger partial charge in [-0.2, -0.15) is 0 Å². The van der Waals surface area contributed by atoms with Crippen LogP contribution in [0.1, 0.15) is 32.1 Å². The van der Waals surface area contributed by atoms with Gasteiger partial charge in [-0.3, -0.25) is 0 Å². The van der Waals surface area contributed by atoms with Gasteiger partial charge in [0.1, 0.15) is 24.4 Å². The third-order valence-corrected chi connectivity index (χ3v) is 5.75. The molecule has 2 N–H and O–H groups in total. The molecular formula is C16H23Cl3FNO6. The highest BCUT2D eigenvalue weighted by atomic mass is 35.6. The van der Waals surface area contributed by atoms with E-state index >= 15 is 0 Å². The van der Waals surface area contributed by atoms with Crippen molar-refractivity contribution in [1.29, 1.82) is 0 Å². The normalized spacial score (nSPS) is 40.4. The van der Waals surface area contributed by atoms with E-state index in [1.165, 1.54) is 7.11 Å². The molecule has 1 saturated heterocycles. The Bertz CT molecular complexity index is 533. The van der Waals surface area contributed by atoms with Gasteiger partial charge in [0.25, 0.3) is 0 Å². The van der Waals surface area contributed by atoms with Crippen molar-refractivity contribution in [1.82, 2.24) is 5.32 Å². The van der Waals surface area contributed by atoms with Crippen LogP contribution >= 0.6 is 34.8 Å². The van der Waals surface area contributed by atoms with Crippen LogP contribution in [0, 0.1) is 0 Å². The molecule has 2 saturated carbocycles. The number of rotatable bonds is 3. The van der Waals surface area contributed by atoms with E-state index in [1.807, 2.05) is 0 Å². The Kier molecular flexibility index (Phi) is 6.99. The van der Waals surface area contributed by atoms with Crippen LogP contribution in [-0.2, 0) is 18.9 Å². The molecule has 0 radical (unpaired) electrons. The number of alkyl halides is 4. The second kappa shape index (κ2) is 8.73. The van der Waals surface area contributed by atoms with E-state index in [2.05, 4.69) is 5.32 Å². The van der Waals surface area contributed by atoms with Crippen LogP contribution < -0.4 is 5.32 Å². The van der Waals surface area contributed by atoms with Crippen LogP contribution in [0.25, 0.3) is 0 Å². The second-order valence-corrected chi connectivity index (χ2v) is 9.43. The Morgan fingerprint density at radius 2 is 1.78 bits per heavy atom. The summed E-state index contributed by atoms with van der Waals surface area (Å²) in [6.45, 7) is 0. The number of hydrogen-bond acceptors (Lipinski definition) is 6. The first-order valence-electron chi connectivity index (χ1n) is 8.92. The Hall–Kier alpha value is -0.0900. The van der Waals surface area contributed by atoms with Crippen molar-refractivity contribution in [3.8, 4) is 0 Å². The third kappa shape index (κ3) is 4.74. The van der Waals surface area contributed by atoms with E-state index in [0.717, 1.165) is 32.1 Å². The van der Waals surface area contributed by atoms with E-state index in [1.54, 1.807) is 0 Å². The maximum Gasteiger partial charge on any atom is 0.407 e.